The van der Waals surface area contributed by atoms with E-state index in [4.69, 9.17) is 4.74 Å². The van der Waals surface area contributed by atoms with Crippen molar-refractivity contribution in [2.24, 2.45) is 0 Å². The van der Waals surface area contributed by atoms with Gasteiger partial charge in [-0.15, -0.1) is 0 Å². The summed E-state index contributed by atoms with van der Waals surface area (Å²) in [5.41, 5.74) is 2.00. The lowest BCUT2D eigenvalue weighted by Crippen LogP contribution is -2.34. The summed E-state index contributed by atoms with van der Waals surface area (Å²) in [7, 11) is 0. The van der Waals surface area contributed by atoms with Crippen molar-refractivity contribution in [2.75, 3.05) is 13.2 Å². The lowest BCUT2D eigenvalue weighted by Gasteiger charge is -2.23. The van der Waals surface area contributed by atoms with Crippen molar-refractivity contribution in [3.05, 3.63) is 33.1 Å². The molecule has 1 fully saturated rings. The second kappa shape index (κ2) is 7.47. The lowest BCUT2D eigenvalue weighted by atomic mass is 10.0. The highest BCUT2D eigenvalue weighted by atomic mass is 16.6. The standard InChI is InChI=1S/C15H23N3O3/c1-11-9-17-14(12(2)15(11)18(19)20)10-21-8-6-13-5-3-4-7-16-13/h9,13,16H,3-8,10H2,1-2H3. The number of aromatic nitrogens is 1. The topological polar surface area (TPSA) is 77.3 Å². The Hall–Kier alpha value is -1.53. The summed E-state index contributed by atoms with van der Waals surface area (Å²) in [4.78, 5) is 15.0. The Bertz CT molecular complexity index is 499. The maximum absolute atomic E-state index is 11.1. The summed E-state index contributed by atoms with van der Waals surface area (Å²) in [6.07, 6.45) is 6.27. The number of aryl methyl sites for hydroxylation is 1. The van der Waals surface area contributed by atoms with E-state index < -0.39 is 0 Å². The quantitative estimate of drug-likeness (QED) is 0.495. The van der Waals surface area contributed by atoms with E-state index in [-0.39, 0.29) is 10.6 Å². The fourth-order valence-corrected chi connectivity index (χ4v) is 2.76. The lowest BCUT2D eigenvalue weighted by molar-refractivity contribution is -0.386. The number of nitrogens with one attached hydrogen (secondary N) is 1. The molecule has 6 heteroatoms. The zero-order chi connectivity index (χ0) is 15.2. The third-order valence-corrected chi connectivity index (χ3v) is 4.02. The Balaban J connectivity index is 1.85. The molecule has 0 amide bonds. The summed E-state index contributed by atoms with van der Waals surface area (Å²) in [6, 6.07) is 0.542. The first-order valence-corrected chi connectivity index (χ1v) is 7.50. The van der Waals surface area contributed by atoms with Gasteiger partial charge in [0.1, 0.15) is 0 Å². The number of nitro groups is 1. The third kappa shape index (κ3) is 4.22. The number of ether oxygens (including phenoxy) is 1. The van der Waals surface area contributed by atoms with Crippen LogP contribution in [0.1, 0.15) is 42.5 Å². The Morgan fingerprint density at radius 1 is 1.48 bits per heavy atom. The maximum Gasteiger partial charge on any atom is 0.278 e. The predicted octanol–water partition coefficient (Wildman–Crippen LogP) is 2.66. The van der Waals surface area contributed by atoms with Crippen molar-refractivity contribution >= 4 is 5.69 Å². The summed E-state index contributed by atoms with van der Waals surface area (Å²) in [5, 5.41) is 14.5. The average Bonchev–Trinajstić information content (AvgIpc) is 2.46. The minimum absolute atomic E-state index is 0.151. The van der Waals surface area contributed by atoms with Crippen LogP contribution < -0.4 is 5.32 Å². The highest BCUT2D eigenvalue weighted by Crippen LogP contribution is 2.24. The SMILES string of the molecule is Cc1cnc(COCCC2CCCCN2)c(C)c1[N+](=O)[O-]. The van der Waals surface area contributed by atoms with Crippen LogP contribution in [0.2, 0.25) is 0 Å². The van der Waals surface area contributed by atoms with Crippen molar-refractivity contribution in [1.82, 2.24) is 10.3 Å². The molecule has 0 spiro atoms. The molecule has 21 heavy (non-hydrogen) atoms. The molecule has 116 valence electrons. The van der Waals surface area contributed by atoms with E-state index in [0.29, 0.717) is 36.1 Å². The maximum atomic E-state index is 11.1. The number of pyridine rings is 1. The molecule has 2 rings (SSSR count). The summed E-state index contributed by atoms with van der Waals surface area (Å²) in [5.74, 6) is 0. The van der Waals surface area contributed by atoms with E-state index in [1.165, 1.54) is 19.3 Å². The van der Waals surface area contributed by atoms with Crippen LogP contribution in [0.25, 0.3) is 0 Å². The van der Waals surface area contributed by atoms with Gasteiger partial charge in [-0.05, 0) is 39.7 Å². The zero-order valence-electron chi connectivity index (χ0n) is 12.7. The van der Waals surface area contributed by atoms with Gasteiger partial charge >= 0.3 is 0 Å². The highest BCUT2D eigenvalue weighted by molar-refractivity contribution is 5.47. The number of piperidine rings is 1. The molecule has 1 saturated heterocycles. The molecule has 0 aromatic carbocycles. The van der Waals surface area contributed by atoms with Crippen LogP contribution in [-0.4, -0.2) is 29.1 Å². The van der Waals surface area contributed by atoms with Gasteiger partial charge in [0.25, 0.3) is 5.69 Å². The van der Waals surface area contributed by atoms with Gasteiger partial charge in [0, 0.05) is 24.4 Å². The van der Waals surface area contributed by atoms with Crippen LogP contribution in [0.3, 0.4) is 0 Å². The Kier molecular flexibility index (Phi) is 5.64. The molecule has 1 aliphatic heterocycles. The van der Waals surface area contributed by atoms with Gasteiger partial charge in [-0.3, -0.25) is 15.1 Å². The van der Waals surface area contributed by atoms with Gasteiger partial charge in [0.05, 0.1) is 22.8 Å². The molecular formula is C15H23N3O3. The normalized spacial score (nSPS) is 18.7. The van der Waals surface area contributed by atoms with E-state index in [9.17, 15) is 10.1 Å². The largest absolute Gasteiger partial charge is 0.375 e. The van der Waals surface area contributed by atoms with Crippen molar-refractivity contribution in [1.29, 1.82) is 0 Å². The number of nitrogens with zero attached hydrogens (tertiary/aromatic N) is 2. The van der Waals surface area contributed by atoms with Crippen LogP contribution in [0.5, 0.6) is 0 Å². The Morgan fingerprint density at radius 3 is 2.95 bits per heavy atom. The van der Waals surface area contributed by atoms with Crippen LogP contribution in [-0.2, 0) is 11.3 Å². The molecule has 1 N–H and O–H groups in total. The molecule has 0 saturated carbocycles. The van der Waals surface area contributed by atoms with E-state index >= 15 is 0 Å². The number of hydrogen-bond acceptors (Lipinski definition) is 5. The molecule has 6 nitrogen and oxygen atoms in total. The van der Waals surface area contributed by atoms with Gasteiger partial charge in [-0.25, -0.2) is 0 Å². The predicted molar refractivity (Wildman–Crippen MR) is 80.3 cm³/mol. The molecule has 0 bridgehead atoms. The number of hydrogen-bond donors (Lipinski definition) is 1. The second-order valence-corrected chi connectivity index (χ2v) is 5.61. The first kappa shape index (κ1) is 15.9. The summed E-state index contributed by atoms with van der Waals surface area (Å²) in [6.45, 7) is 5.52. The minimum atomic E-state index is -0.345. The third-order valence-electron chi connectivity index (χ3n) is 4.02. The molecule has 1 atom stereocenters. The van der Waals surface area contributed by atoms with Crippen molar-refractivity contribution < 1.29 is 9.66 Å². The molecule has 0 radical (unpaired) electrons. The van der Waals surface area contributed by atoms with E-state index in [0.717, 1.165) is 13.0 Å². The van der Waals surface area contributed by atoms with Crippen molar-refractivity contribution in [3.8, 4) is 0 Å². The Labute approximate surface area is 125 Å². The van der Waals surface area contributed by atoms with Gasteiger partial charge in [-0.1, -0.05) is 6.42 Å². The monoisotopic (exact) mass is 293 g/mol. The zero-order valence-corrected chi connectivity index (χ0v) is 12.7. The van der Waals surface area contributed by atoms with Gasteiger partial charge < -0.3 is 10.1 Å². The Morgan fingerprint density at radius 2 is 2.29 bits per heavy atom. The molecule has 0 aliphatic carbocycles. The van der Waals surface area contributed by atoms with Crippen molar-refractivity contribution in [3.63, 3.8) is 0 Å². The van der Waals surface area contributed by atoms with Crippen LogP contribution >= 0.6 is 0 Å². The van der Waals surface area contributed by atoms with Gasteiger partial charge in [0.2, 0.25) is 0 Å². The fourth-order valence-electron chi connectivity index (χ4n) is 2.76. The van der Waals surface area contributed by atoms with Gasteiger partial charge in [-0.2, -0.15) is 0 Å². The smallest absolute Gasteiger partial charge is 0.278 e. The highest BCUT2D eigenvalue weighted by Gasteiger charge is 2.18. The molecule has 1 aliphatic rings. The van der Waals surface area contributed by atoms with E-state index in [2.05, 4.69) is 10.3 Å². The average molecular weight is 293 g/mol. The fraction of sp³-hybridized carbons (Fsp3) is 0.667. The van der Waals surface area contributed by atoms with Gasteiger partial charge in [0.15, 0.2) is 0 Å². The molecule has 2 heterocycles. The summed E-state index contributed by atoms with van der Waals surface area (Å²) < 4.78 is 5.65. The number of rotatable bonds is 6. The second-order valence-electron chi connectivity index (χ2n) is 5.61. The van der Waals surface area contributed by atoms with E-state index in [1.54, 1.807) is 20.0 Å². The van der Waals surface area contributed by atoms with Crippen LogP contribution in [0.4, 0.5) is 5.69 Å². The molecule has 1 aromatic rings. The first-order chi connectivity index (χ1) is 10.1. The molecular weight excluding hydrogens is 270 g/mol. The van der Waals surface area contributed by atoms with Crippen LogP contribution in [0, 0.1) is 24.0 Å². The molecule has 1 unspecified atom stereocenters. The van der Waals surface area contributed by atoms with Crippen molar-refractivity contribution in [2.45, 2.75) is 52.2 Å². The van der Waals surface area contributed by atoms with Crippen LogP contribution in [0.15, 0.2) is 6.20 Å². The molecule has 1 aromatic heterocycles. The minimum Gasteiger partial charge on any atom is -0.375 e. The van der Waals surface area contributed by atoms with E-state index in [1.807, 2.05) is 0 Å². The first-order valence-electron chi connectivity index (χ1n) is 7.50. The summed E-state index contributed by atoms with van der Waals surface area (Å²) >= 11 is 0.